The third-order valence-electron chi connectivity index (χ3n) is 4.41. The number of anilines is 1. The van der Waals surface area contributed by atoms with Crippen molar-refractivity contribution in [3.05, 3.63) is 66.2 Å². The van der Waals surface area contributed by atoms with E-state index in [2.05, 4.69) is 31.7 Å². The van der Waals surface area contributed by atoms with Gasteiger partial charge in [0.15, 0.2) is 0 Å². The first-order valence-corrected chi connectivity index (χ1v) is 8.20. The Morgan fingerprint density at radius 1 is 1.08 bits per heavy atom. The van der Waals surface area contributed by atoms with Crippen LogP contribution in [0.4, 0.5) is 18.9 Å². The molecule has 2 heterocycles. The van der Waals surface area contributed by atoms with Crippen LogP contribution in [0.25, 0.3) is 11.1 Å². The molecule has 1 aliphatic heterocycles. The average Bonchev–Trinajstić information content (AvgIpc) is 3.24. The zero-order valence-corrected chi connectivity index (χ0v) is 13.8. The van der Waals surface area contributed by atoms with E-state index < -0.39 is 6.36 Å². The Morgan fingerprint density at radius 2 is 1.85 bits per heavy atom. The van der Waals surface area contributed by atoms with Gasteiger partial charge < -0.3 is 14.6 Å². The smallest absolute Gasteiger partial charge is 0.406 e. The molecule has 2 aromatic carbocycles. The molecule has 1 aromatic heterocycles. The van der Waals surface area contributed by atoms with Crippen molar-refractivity contribution < 1.29 is 17.9 Å². The van der Waals surface area contributed by atoms with Gasteiger partial charge in [-0.25, -0.2) is 4.98 Å². The lowest BCUT2D eigenvalue weighted by molar-refractivity contribution is -0.274. The van der Waals surface area contributed by atoms with Gasteiger partial charge in [-0.2, -0.15) is 0 Å². The molecule has 0 saturated heterocycles. The number of aromatic nitrogens is 2. The minimum atomic E-state index is -4.68. The molecule has 0 radical (unpaired) electrons. The summed E-state index contributed by atoms with van der Waals surface area (Å²) in [5, 5.41) is 0. The van der Waals surface area contributed by atoms with Crippen LogP contribution in [0, 0.1) is 0 Å². The van der Waals surface area contributed by atoms with Crippen LogP contribution in [0.5, 0.6) is 5.75 Å². The normalized spacial score (nSPS) is 13.7. The van der Waals surface area contributed by atoms with Crippen molar-refractivity contribution in [1.29, 1.82) is 0 Å². The van der Waals surface area contributed by atoms with Crippen LogP contribution in [0.15, 0.2) is 55.0 Å². The molecule has 0 fully saturated rings. The van der Waals surface area contributed by atoms with Crippen LogP contribution in [-0.2, 0) is 13.0 Å². The first-order valence-electron chi connectivity index (χ1n) is 8.20. The van der Waals surface area contributed by atoms with E-state index in [9.17, 15) is 13.2 Å². The number of halogens is 3. The van der Waals surface area contributed by atoms with Gasteiger partial charge in [0.25, 0.3) is 0 Å². The summed E-state index contributed by atoms with van der Waals surface area (Å²) in [7, 11) is 0. The maximum atomic E-state index is 12.3. The van der Waals surface area contributed by atoms with Crippen LogP contribution < -0.4 is 9.64 Å². The quantitative estimate of drug-likeness (QED) is 0.744. The second kappa shape index (κ2) is 6.40. The summed E-state index contributed by atoms with van der Waals surface area (Å²) >= 11 is 0. The van der Waals surface area contributed by atoms with Crippen molar-refractivity contribution in [3.63, 3.8) is 0 Å². The number of benzene rings is 2. The molecule has 0 unspecified atom stereocenters. The Morgan fingerprint density at radius 3 is 2.54 bits per heavy atom. The van der Waals surface area contributed by atoms with Crippen molar-refractivity contribution in [2.45, 2.75) is 19.3 Å². The number of H-pyrrole nitrogens is 1. The van der Waals surface area contributed by atoms with Crippen molar-refractivity contribution >= 4 is 5.69 Å². The molecule has 3 aromatic rings. The highest BCUT2D eigenvalue weighted by Crippen LogP contribution is 2.34. The molecule has 4 nitrogen and oxygen atoms in total. The van der Waals surface area contributed by atoms with Gasteiger partial charge in [0.2, 0.25) is 0 Å². The van der Waals surface area contributed by atoms with Gasteiger partial charge in [-0.05, 0) is 41.3 Å². The number of rotatable bonds is 4. The van der Waals surface area contributed by atoms with Crippen LogP contribution in [0.2, 0.25) is 0 Å². The number of fused-ring (bicyclic) bond motifs is 1. The number of nitrogens with one attached hydrogen (secondary N) is 1. The maximum absolute atomic E-state index is 12.3. The fourth-order valence-corrected chi connectivity index (χ4v) is 3.21. The minimum absolute atomic E-state index is 0.220. The standard InChI is InChI=1S/C19H16F3N3O/c20-19(21,22)26-17-5-3-13(4-6-17)15-2-1-14-7-8-25(18(14)9-15)11-16-10-23-12-24-16/h1-6,9-10,12H,7-8,11H2,(H,23,24). The number of alkyl halides is 3. The zero-order chi connectivity index (χ0) is 18.1. The predicted octanol–water partition coefficient (Wildman–Crippen LogP) is 4.54. The Labute approximate surface area is 148 Å². The minimum Gasteiger partial charge on any atom is -0.406 e. The van der Waals surface area contributed by atoms with E-state index in [1.54, 1.807) is 18.5 Å². The van der Waals surface area contributed by atoms with Crippen molar-refractivity contribution in [2.75, 3.05) is 11.4 Å². The summed E-state index contributed by atoms with van der Waals surface area (Å²) in [4.78, 5) is 9.49. The number of nitrogens with zero attached hydrogens (tertiary/aromatic N) is 2. The highest BCUT2D eigenvalue weighted by atomic mass is 19.4. The molecule has 0 atom stereocenters. The lowest BCUT2D eigenvalue weighted by atomic mass is 10.0. The highest BCUT2D eigenvalue weighted by molar-refractivity contribution is 5.72. The van der Waals surface area contributed by atoms with E-state index in [0.29, 0.717) is 0 Å². The number of ether oxygens (including phenoxy) is 1. The molecule has 1 aliphatic rings. The molecule has 4 rings (SSSR count). The van der Waals surface area contributed by atoms with E-state index in [0.717, 1.165) is 42.0 Å². The Kier molecular flexibility index (Phi) is 4.06. The third-order valence-corrected chi connectivity index (χ3v) is 4.41. The summed E-state index contributed by atoms with van der Waals surface area (Å²) in [6, 6.07) is 12.1. The first kappa shape index (κ1) is 16.5. The fourth-order valence-electron chi connectivity index (χ4n) is 3.21. The Bertz CT molecular complexity index is 889. The van der Waals surface area contributed by atoms with Crippen LogP contribution in [0.3, 0.4) is 0 Å². The zero-order valence-electron chi connectivity index (χ0n) is 13.8. The summed E-state index contributed by atoms with van der Waals surface area (Å²) in [5.41, 5.74) is 5.17. The lowest BCUT2D eigenvalue weighted by Gasteiger charge is -2.19. The van der Waals surface area contributed by atoms with Crippen LogP contribution >= 0.6 is 0 Å². The van der Waals surface area contributed by atoms with Gasteiger partial charge in [0.1, 0.15) is 5.75 Å². The molecule has 0 aliphatic carbocycles. The van der Waals surface area contributed by atoms with E-state index in [1.165, 1.54) is 17.7 Å². The summed E-state index contributed by atoms with van der Waals surface area (Å²) in [6.07, 6.45) is -0.172. The average molecular weight is 359 g/mol. The molecule has 0 saturated carbocycles. The summed E-state index contributed by atoms with van der Waals surface area (Å²) in [6.45, 7) is 1.64. The molecule has 0 bridgehead atoms. The molecule has 26 heavy (non-hydrogen) atoms. The fraction of sp³-hybridized carbons (Fsp3) is 0.211. The second-order valence-corrected chi connectivity index (χ2v) is 6.15. The topological polar surface area (TPSA) is 41.1 Å². The SMILES string of the molecule is FC(F)(F)Oc1ccc(-c2ccc3c(c2)N(Cc2c[nH]cn2)CC3)cc1. The summed E-state index contributed by atoms with van der Waals surface area (Å²) < 4.78 is 40.8. The number of hydrogen-bond donors (Lipinski definition) is 1. The number of hydrogen-bond acceptors (Lipinski definition) is 3. The third kappa shape index (κ3) is 3.51. The molecule has 1 N–H and O–H groups in total. The van der Waals surface area contributed by atoms with Crippen LogP contribution in [0.1, 0.15) is 11.3 Å². The van der Waals surface area contributed by atoms with E-state index in [1.807, 2.05) is 12.3 Å². The molecule has 0 spiro atoms. The molecular weight excluding hydrogens is 343 g/mol. The van der Waals surface area contributed by atoms with E-state index in [-0.39, 0.29) is 5.75 Å². The van der Waals surface area contributed by atoms with E-state index >= 15 is 0 Å². The van der Waals surface area contributed by atoms with Gasteiger partial charge in [-0.15, -0.1) is 13.2 Å². The molecule has 134 valence electrons. The Balaban J connectivity index is 1.57. The molecular formula is C19H16F3N3O. The largest absolute Gasteiger partial charge is 0.573 e. The maximum Gasteiger partial charge on any atom is 0.573 e. The number of aromatic amines is 1. The first-order chi connectivity index (χ1) is 12.5. The van der Waals surface area contributed by atoms with Gasteiger partial charge in [-0.3, -0.25) is 0 Å². The van der Waals surface area contributed by atoms with Gasteiger partial charge in [-0.1, -0.05) is 24.3 Å². The molecule has 7 heteroatoms. The van der Waals surface area contributed by atoms with E-state index in [4.69, 9.17) is 0 Å². The van der Waals surface area contributed by atoms with Gasteiger partial charge in [0.05, 0.1) is 18.6 Å². The Hall–Kier alpha value is -2.96. The van der Waals surface area contributed by atoms with Gasteiger partial charge in [0, 0.05) is 18.4 Å². The lowest BCUT2D eigenvalue weighted by Crippen LogP contribution is -2.19. The second-order valence-electron chi connectivity index (χ2n) is 6.15. The monoisotopic (exact) mass is 359 g/mol. The van der Waals surface area contributed by atoms with Crippen molar-refractivity contribution in [1.82, 2.24) is 9.97 Å². The number of imidazole rings is 1. The van der Waals surface area contributed by atoms with Crippen LogP contribution in [-0.4, -0.2) is 22.9 Å². The van der Waals surface area contributed by atoms with Gasteiger partial charge >= 0.3 is 6.36 Å². The molecule has 0 amide bonds. The predicted molar refractivity (Wildman–Crippen MR) is 91.9 cm³/mol. The summed E-state index contributed by atoms with van der Waals surface area (Å²) in [5.74, 6) is -0.220. The van der Waals surface area contributed by atoms with Crippen molar-refractivity contribution in [3.8, 4) is 16.9 Å². The van der Waals surface area contributed by atoms with Crippen molar-refractivity contribution in [2.24, 2.45) is 0 Å². The highest BCUT2D eigenvalue weighted by Gasteiger charge is 2.31.